The minimum Gasteiger partial charge on any atom is -0.360 e. The van der Waals surface area contributed by atoms with Gasteiger partial charge in [0.15, 0.2) is 0 Å². The van der Waals surface area contributed by atoms with Crippen molar-refractivity contribution >= 4 is 28.9 Å². The zero-order chi connectivity index (χ0) is 18.7. The number of amides is 2. The molecule has 6 heteroatoms. The second kappa shape index (κ2) is 7.56. The maximum absolute atomic E-state index is 13.5. The highest BCUT2D eigenvalue weighted by Gasteiger charge is 2.24. The van der Waals surface area contributed by atoms with Gasteiger partial charge in [0.05, 0.1) is 17.9 Å². The Morgan fingerprint density at radius 3 is 2.77 bits per heavy atom. The summed E-state index contributed by atoms with van der Waals surface area (Å²) in [6.07, 6.45) is 0.250. The largest absolute Gasteiger partial charge is 0.360 e. The van der Waals surface area contributed by atoms with E-state index >= 15 is 0 Å². The van der Waals surface area contributed by atoms with E-state index in [1.165, 1.54) is 12.1 Å². The monoisotopic (exact) mass is 355 g/mol. The van der Waals surface area contributed by atoms with Crippen molar-refractivity contribution < 1.29 is 14.0 Å². The molecule has 0 spiro atoms. The summed E-state index contributed by atoms with van der Waals surface area (Å²) in [7, 11) is 0. The normalized spacial score (nSPS) is 13.7. The smallest absolute Gasteiger partial charge is 0.246 e. The Kier molecular flexibility index (Phi) is 5.21. The minimum atomic E-state index is -0.424. The van der Waals surface area contributed by atoms with Crippen LogP contribution >= 0.6 is 0 Å². The average Bonchev–Trinajstić information content (AvgIpc) is 2.75. The van der Waals surface area contributed by atoms with Crippen molar-refractivity contribution in [2.24, 2.45) is 0 Å². The number of anilines is 3. The van der Waals surface area contributed by atoms with Crippen LogP contribution in [0.2, 0.25) is 0 Å². The molecule has 3 rings (SSSR count). The van der Waals surface area contributed by atoms with Gasteiger partial charge in [0.1, 0.15) is 5.82 Å². The number of nitrogens with one attached hydrogen (secondary N) is 1. The van der Waals surface area contributed by atoms with Gasteiger partial charge in [-0.3, -0.25) is 9.59 Å². The zero-order valence-electron chi connectivity index (χ0n) is 15.0. The van der Waals surface area contributed by atoms with Crippen LogP contribution in [0, 0.1) is 12.7 Å². The van der Waals surface area contributed by atoms with E-state index in [0.29, 0.717) is 24.5 Å². The van der Waals surface area contributed by atoms with Gasteiger partial charge >= 0.3 is 0 Å². The number of para-hydroxylation sites is 1. The number of fused-ring (bicyclic) bond motifs is 1. The van der Waals surface area contributed by atoms with E-state index < -0.39 is 5.82 Å². The Hall–Kier alpha value is -2.89. The van der Waals surface area contributed by atoms with Crippen LogP contribution in [0.4, 0.5) is 21.5 Å². The van der Waals surface area contributed by atoms with Gasteiger partial charge in [0.25, 0.3) is 0 Å². The molecular formula is C20H22FN3O2. The molecule has 136 valence electrons. The third kappa shape index (κ3) is 3.69. The van der Waals surface area contributed by atoms with Gasteiger partial charge in [0, 0.05) is 25.2 Å². The standard InChI is InChI=1S/C20H22FN3O2/c1-3-24(17-7-5-4-6-14(17)2)20(26)13-23-11-10-19(25)22-16-12-15(21)8-9-18(16)23/h4-9,12H,3,10-11,13H2,1-2H3,(H,22,25). The second-order valence-corrected chi connectivity index (χ2v) is 6.31. The van der Waals surface area contributed by atoms with Crippen LogP contribution in [-0.4, -0.2) is 31.4 Å². The topological polar surface area (TPSA) is 52.7 Å². The van der Waals surface area contributed by atoms with Crippen molar-refractivity contribution in [3.05, 3.63) is 53.8 Å². The van der Waals surface area contributed by atoms with Crippen molar-refractivity contribution in [2.45, 2.75) is 20.3 Å². The number of carbonyl (C=O) groups excluding carboxylic acids is 2. The van der Waals surface area contributed by atoms with Crippen molar-refractivity contribution in [3.8, 4) is 0 Å². The van der Waals surface area contributed by atoms with E-state index in [0.717, 1.165) is 11.3 Å². The van der Waals surface area contributed by atoms with Crippen LogP contribution < -0.4 is 15.1 Å². The molecule has 1 aliphatic heterocycles. The molecule has 2 aromatic rings. The van der Waals surface area contributed by atoms with Crippen molar-refractivity contribution in [3.63, 3.8) is 0 Å². The first-order chi connectivity index (χ1) is 12.5. The Morgan fingerprint density at radius 1 is 1.27 bits per heavy atom. The predicted octanol–water partition coefficient (Wildman–Crippen LogP) is 3.34. The molecule has 1 heterocycles. The fourth-order valence-electron chi connectivity index (χ4n) is 3.21. The lowest BCUT2D eigenvalue weighted by atomic mass is 10.1. The summed E-state index contributed by atoms with van der Waals surface area (Å²) in [6.45, 7) is 4.97. The summed E-state index contributed by atoms with van der Waals surface area (Å²) in [5, 5.41) is 2.70. The molecule has 0 aliphatic carbocycles. The molecule has 0 aromatic heterocycles. The summed E-state index contributed by atoms with van der Waals surface area (Å²) >= 11 is 0. The number of likely N-dealkylation sites (N-methyl/N-ethyl adjacent to an activating group) is 1. The van der Waals surface area contributed by atoms with Gasteiger partial charge in [-0.25, -0.2) is 4.39 Å². The van der Waals surface area contributed by atoms with E-state index in [9.17, 15) is 14.0 Å². The number of hydrogen-bond acceptors (Lipinski definition) is 3. The van der Waals surface area contributed by atoms with E-state index in [1.54, 1.807) is 11.0 Å². The van der Waals surface area contributed by atoms with Crippen LogP contribution in [0.15, 0.2) is 42.5 Å². The van der Waals surface area contributed by atoms with Gasteiger partial charge in [0.2, 0.25) is 11.8 Å². The number of rotatable bonds is 4. The molecular weight excluding hydrogens is 333 g/mol. The highest BCUT2D eigenvalue weighted by atomic mass is 19.1. The third-order valence-corrected chi connectivity index (χ3v) is 4.53. The Morgan fingerprint density at radius 2 is 2.04 bits per heavy atom. The predicted molar refractivity (Wildman–Crippen MR) is 101 cm³/mol. The molecule has 2 aromatic carbocycles. The molecule has 0 atom stereocenters. The van der Waals surface area contributed by atoms with Gasteiger partial charge in [-0.2, -0.15) is 0 Å². The number of benzene rings is 2. The van der Waals surface area contributed by atoms with Crippen LogP contribution in [0.25, 0.3) is 0 Å². The Bertz CT molecular complexity index is 838. The van der Waals surface area contributed by atoms with Crippen LogP contribution in [0.1, 0.15) is 18.9 Å². The van der Waals surface area contributed by atoms with Gasteiger partial charge in [-0.15, -0.1) is 0 Å². The minimum absolute atomic E-state index is 0.0635. The Labute approximate surface area is 152 Å². The lowest BCUT2D eigenvalue weighted by molar-refractivity contribution is -0.118. The summed E-state index contributed by atoms with van der Waals surface area (Å²) < 4.78 is 13.5. The molecule has 1 aliphatic rings. The molecule has 1 N–H and O–H groups in total. The zero-order valence-corrected chi connectivity index (χ0v) is 15.0. The fraction of sp³-hybridized carbons (Fsp3) is 0.300. The molecule has 2 amide bonds. The summed E-state index contributed by atoms with van der Waals surface area (Å²) in [5.41, 5.74) is 2.96. The number of aryl methyl sites for hydroxylation is 1. The van der Waals surface area contributed by atoms with Gasteiger partial charge in [-0.1, -0.05) is 18.2 Å². The summed E-state index contributed by atoms with van der Waals surface area (Å²) in [6, 6.07) is 12.0. The average molecular weight is 355 g/mol. The maximum atomic E-state index is 13.5. The van der Waals surface area contributed by atoms with Crippen LogP contribution in [-0.2, 0) is 9.59 Å². The van der Waals surface area contributed by atoms with Crippen molar-refractivity contribution in [2.75, 3.05) is 34.8 Å². The van der Waals surface area contributed by atoms with E-state index in [4.69, 9.17) is 0 Å². The highest BCUT2D eigenvalue weighted by Crippen LogP contribution is 2.30. The quantitative estimate of drug-likeness (QED) is 0.915. The molecule has 5 nitrogen and oxygen atoms in total. The summed E-state index contributed by atoms with van der Waals surface area (Å²) in [4.78, 5) is 28.4. The lowest BCUT2D eigenvalue weighted by Gasteiger charge is -2.28. The molecule has 0 fully saturated rings. The van der Waals surface area contributed by atoms with Gasteiger partial charge in [-0.05, 0) is 43.7 Å². The van der Waals surface area contributed by atoms with Crippen molar-refractivity contribution in [1.82, 2.24) is 0 Å². The molecule has 0 bridgehead atoms. The van der Waals surface area contributed by atoms with Crippen LogP contribution in [0.5, 0.6) is 0 Å². The number of halogens is 1. The molecule has 0 unspecified atom stereocenters. The second-order valence-electron chi connectivity index (χ2n) is 6.31. The lowest BCUT2D eigenvalue weighted by Crippen LogP contribution is -2.41. The first kappa shape index (κ1) is 17.9. The highest BCUT2D eigenvalue weighted by molar-refractivity contribution is 6.00. The van der Waals surface area contributed by atoms with E-state index in [2.05, 4.69) is 5.32 Å². The number of carbonyl (C=O) groups is 2. The molecule has 0 saturated heterocycles. The Balaban J connectivity index is 1.87. The van der Waals surface area contributed by atoms with Crippen LogP contribution in [0.3, 0.4) is 0 Å². The maximum Gasteiger partial charge on any atom is 0.246 e. The molecule has 0 radical (unpaired) electrons. The number of hydrogen-bond donors (Lipinski definition) is 1. The SMILES string of the molecule is CCN(C(=O)CN1CCC(=O)Nc2cc(F)ccc21)c1ccccc1C. The molecule has 0 saturated carbocycles. The van der Waals surface area contributed by atoms with E-state index in [-0.39, 0.29) is 24.8 Å². The third-order valence-electron chi connectivity index (χ3n) is 4.53. The number of nitrogens with zero attached hydrogens (tertiary/aromatic N) is 2. The first-order valence-electron chi connectivity index (χ1n) is 8.70. The van der Waals surface area contributed by atoms with E-state index in [1.807, 2.05) is 43.0 Å². The molecule has 26 heavy (non-hydrogen) atoms. The van der Waals surface area contributed by atoms with Gasteiger partial charge < -0.3 is 15.1 Å². The first-order valence-corrected chi connectivity index (χ1v) is 8.70. The summed E-state index contributed by atoms with van der Waals surface area (Å²) in [5.74, 6) is -0.670. The van der Waals surface area contributed by atoms with Crippen molar-refractivity contribution in [1.29, 1.82) is 0 Å². The fourth-order valence-corrected chi connectivity index (χ4v) is 3.21.